The molecule has 44 heavy (non-hydrogen) atoms. The van der Waals surface area contributed by atoms with Crippen molar-refractivity contribution in [3.8, 4) is 5.75 Å². The molecule has 0 radical (unpaired) electrons. The second kappa shape index (κ2) is 14.6. The fraction of sp³-hybridized carbons (Fsp3) is 0.424. The van der Waals surface area contributed by atoms with Gasteiger partial charge in [0, 0.05) is 24.3 Å². The highest BCUT2D eigenvalue weighted by molar-refractivity contribution is 7.90. The first-order valence-electron chi connectivity index (χ1n) is 15.4. The highest BCUT2D eigenvalue weighted by Crippen LogP contribution is 2.30. The van der Waals surface area contributed by atoms with E-state index in [-0.39, 0.29) is 16.9 Å². The predicted molar refractivity (Wildman–Crippen MR) is 172 cm³/mol. The first kappa shape index (κ1) is 31.3. The molecule has 4 aromatic rings. The molecule has 5 rings (SSSR count). The molecule has 1 aliphatic carbocycles. The van der Waals surface area contributed by atoms with E-state index in [9.17, 15) is 13.2 Å². The van der Waals surface area contributed by atoms with Crippen LogP contribution in [-0.4, -0.2) is 48.1 Å². The largest absolute Gasteiger partial charge is 0.494 e. The lowest BCUT2D eigenvalue weighted by Gasteiger charge is -2.24. The monoisotopic (exact) mass is 619 g/mol. The maximum absolute atomic E-state index is 13.7. The average Bonchev–Trinajstić information content (AvgIpc) is 3.47. The minimum Gasteiger partial charge on any atom is -0.494 e. The summed E-state index contributed by atoms with van der Waals surface area (Å²) in [4.78, 5) is 20.9. The number of benzene rings is 2. The minimum atomic E-state index is -3.87. The molecule has 1 saturated carbocycles. The van der Waals surface area contributed by atoms with Crippen molar-refractivity contribution >= 4 is 44.5 Å². The predicted octanol–water partition coefficient (Wildman–Crippen LogP) is 6.97. The molecule has 2 aromatic heterocycles. The molecule has 0 unspecified atom stereocenters. The Morgan fingerprint density at radius 2 is 1.66 bits per heavy atom. The number of nitrogens with zero attached hydrogens (tertiary/aromatic N) is 3. The second-order valence-electron chi connectivity index (χ2n) is 11.3. The second-order valence-corrected chi connectivity index (χ2v) is 13.1. The quantitative estimate of drug-likeness (QED) is 0.114. The van der Waals surface area contributed by atoms with Crippen LogP contribution in [0.25, 0.3) is 11.0 Å². The lowest BCUT2D eigenvalue weighted by atomic mass is 9.95. The zero-order valence-electron chi connectivity index (χ0n) is 25.4. The SMILES string of the molecule is COC(=O)CCCCCCOc1ccc(Nc2nc(NC3CCCCC3)c3ccn(S(=O)(=O)c4ccc(C)cc4)c3n2)cc1. The molecule has 0 spiro atoms. The summed E-state index contributed by atoms with van der Waals surface area (Å²) in [5, 5.41) is 7.49. The number of aryl methyl sites for hydroxylation is 1. The average molecular weight is 620 g/mol. The van der Waals surface area contributed by atoms with Crippen LogP contribution in [0, 0.1) is 6.92 Å². The molecule has 10 nitrogen and oxygen atoms in total. The summed E-state index contributed by atoms with van der Waals surface area (Å²) in [6.45, 7) is 2.51. The Kier molecular flexibility index (Phi) is 10.4. The molecule has 0 bridgehead atoms. The van der Waals surface area contributed by atoms with Crippen molar-refractivity contribution in [2.24, 2.45) is 0 Å². The van der Waals surface area contributed by atoms with Gasteiger partial charge in [0.05, 0.1) is 24.0 Å². The summed E-state index contributed by atoms with van der Waals surface area (Å²) in [5.74, 6) is 1.50. The molecule has 0 aliphatic heterocycles. The maximum Gasteiger partial charge on any atom is 0.305 e. The molecule has 1 aliphatic rings. The number of aromatic nitrogens is 3. The number of unbranched alkanes of at least 4 members (excludes halogenated alkanes) is 3. The molecular formula is C33H41N5O5S. The van der Waals surface area contributed by atoms with Gasteiger partial charge in [-0.3, -0.25) is 4.79 Å². The van der Waals surface area contributed by atoms with E-state index >= 15 is 0 Å². The van der Waals surface area contributed by atoms with Gasteiger partial charge in [-0.05, 0) is 75.1 Å². The third-order valence-electron chi connectivity index (χ3n) is 7.92. The third kappa shape index (κ3) is 7.88. The van der Waals surface area contributed by atoms with E-state index in [4.69, 9.17) is 9.72 Å². The van der Waals surface area contributed by atoms with Crippen molar-refractivity contribution in [3.63, 3.8) is 0 Å². The Bertz CT molecular complexity index is 1650. The number of rotatable bonds is 14. The fourth-order valence-electron chi connectivity index (χ4n) is 5.40. The van der Waals surface area contributed by atoms with Crippen LogP contribution in [-0.2, 0) is 19.6 Å². The van der Waals surface area contributed by atoms with E-state index in [0.29, 0.717) is 35.8 Å². The summed E-state index contributed by atoms with van der Waals surface area (Å²) in [6, 6.07) is 16.4. The Hall–Kier alpha value is -4.12. The first-order chi connectivity index (χ1) is 21.3. The number of esters is 1. The van der Waals surface area contributed by atoms with E-state index in [1.807, 2.05) is 31.2 Å². The summed E-state index contributed by atoms with van der Waals surface area (Å²) < 4.78 is 39.1. The first-order valence-corrected chi connectivity index (χ1v) is 16.8. The number of nitrogens with one attached hydrogen (secondary N) is 2. The standard InChI is InChI=1S/C33H41N5O5S/c1-24-13-19-28(20-14-24)44(40,41)38-22-21-29-31(34-25-10-6-5-7-11-25)36-33(37-32(29)38)35-26-15-17-27(18-16-26)43-23-9-4-3-8-12-30(39)42-2/h13-22,25H,3-12,23H2,1-2H3,(H2,34,35,36,37). The van der Waals surface area contributed by atoms with Gasteiger partial charge in [0.1, 0.15) is 11.6 Å². The van der Waals surface area contributed by atoms with Gasteiger partial charge in [-0.15, -0.1) is 0 Å². The molecule has 234 valence electrons. The zero-order valence-corrected chi connectivity index (χ0v) is 26.2. The van der Waals surface area contributed by atoms with Crippen LogP contribution in [0.3, 0.4) is 0 Å². The number of ether oxygens (including phenoxy) is 2. The highest BCUT2D eigenvalue weighted by Gasteiger charge is 2.23. The molecule has 11 heteroatoms. The molecular weight excluding hydrogens is 578 g/mol. The van der Waals surface area contributed by atoms with Crippen molar-refractivity contribution in [1.82, 2.24) is 13.9 Å². The molecule has 2 aromatic carbocycles. The lowest BCUT2D eigenvalue weighted by molar-refractivity contribution is -0.140. The maximum atomic E-state index is 13.7. The summed E-state index contributed by atoms with van der Waals surface area (Å²) in [7, 11) is -2.46. The molecule has 0 amide bonds. The van der Waals surface area contributed by atoms with Crippen LogP contribution in [0.2, 0.25) is 0 Å². The van der Waals surface area contributed by atoms with Crippen molar-refractivity contribution < 1.29 is 22.7 Å². The Labute approximate surface area is 259 Å². The Morgan fingerprint density at radius 3 is 2.39 bits per heavy atom. The van der Waals surface area contributed by atoms with E-state index < -0.39 is 10.0 Å². The Balaban J connectivity index is 1.31. The number of anilines is 3. The van der Waals surface area contributed by atoms with Crippen LogP contribution in [0.15, 0.2) is 65.7 Å². The number of hydrogen-bond donors (Lipinski definition) is 2. The molecule has 0 saturated heterocycles. The Morgan fingerprint density at radius 1 is 0.932 bits per heavy atom. The smallest absolute Gasteiger partial charge is 0.305 e. The van der Waals surface area contributed by atoms with E-state index in [1.165, 1.54) is 17.5 Å². The molecule has 2 heterocycles. The van der Waals surface area contributed by atoms with Gasteiger partial charge in [0.15, 0.2) is 5.65 Å². The summed E-state index contributed by atoms with van der Waals surface area (Å²) >= 11 is 0. The van der Waals surface area contributed by atoms with Crippen molar-refractivity contribution in [2.75, 3.05) is 24.4 Å². The van der Waals surface area contributed by atoms with Crippen LogP contribution >= 0.6 is 0 Å². The van der Waals surface area contributed by atoms with E-state index in [1.54, 1.807) is 36.5 Å². The third-order valence-corrected chi connectivity index (χ3v) is 9.60. The summed E-state index contributed by atoms with van der Waals surface area (Å²) in [6.07, 6.45) is 11.3. The van der Waals surface area contributed by atoms with Crippen molar-refractivity contribution in [2.45, 2.75) is 82.1 Å². The zero-order chi connectivity index (χ0) is 30.9. The highest BCUT2D eigenvalue weighted by atomic mass is 32.2. The van der Waals surface area contributed by atoms with Crippen LogP contribution < -0.4 is 15.4 Å². The van der Waals surface area contributed by atoms with Crippen LogP contribution in [0.5, 0.6) is 5.75 Å². The van der Waals surface area contributed by atoms with Gasteiger partial charge >= 0.3 is 5.97 Å². The number of carbonyl (C=O) groups excluding carboxylic acids is 1. The van der Waals surface area contributed by atoms with Gasteiger partial charge < -0.3 is 20.1 Å². The van der Waals surface area contributed by atoms with Gasteiger partial charge in [-0.2, -0.15) is 9.97 Å². The number of hydrogen-bond acceptors (Lipinski definition) is 9. The topological polar surface area (TPSA) is 124 Å². The van der Waals surface area contributed by atoms with E-state index in [0.717, 1.165) is 68.4 Å². The van der Waals surface area contributed by atoms with Gasteiger partial charge in [0.25, 0.3) is 10.0 Å². The van der Waals surface area contributed by atoms with E-state index in [2.05, 4.69) is 20.4 Å². The van der Waals surface area contributed by atoms with Crippen molar-refractivity contribution in [3.05, 3.63) is 66.4 Å². The summed E-state index contributed by atoms with van der Waals surface area (Å²) in [5.41, 5.74) is 2.05. The van der Waals surface area contributed by atoms with Gasteiger partial charge in [0.2, 0.25) is 5.95 Å². The van der Waals surface area contributed by atoms with Crippen LogP contribution in [0.1, 0.15) is 69.8 Å². The number of carbonyl (C=O) groups is 1. The molecule has 2 N–H and O–H groups in total. The van der Waals surface area contributed by atoms with Gasteiger partial charge in [-0.25, -0.2) is 12.4 Å². The molecule has 0 atom stereocenters. The van der Waals surface area contributed by atoms with Gasteiger partial charge in [-0.1, -0.05) is 49.8 Å². The number of methoxy groups -OCH3 is 1. The lowest BCUT2D eigenvalue weighted by Crippen LogP contribution is -2.23. The number of fused-ring (bicyclic) bond motifs is 1. The minimum absolute atomic E-state index is 0.168. The molecule has 1 fully saturated rings. The fourth-order valence-corrected chi connectivity index (χ4v) is 6.69. The van der Waals surface area contributed by atoms with Crippen LogP contribution in [0.4, 0.5) is 17.5 Å². The van der Waals surface area contributed by atoms with Crippen molar-refractivity contribution in [1.29, 1.82) is 0 Å². The normalized spacial score (nSPS) is 14.0.